The molecule has 2 atom stereocenters. The number of amides is 1. The van der Waals surface area contributed by atoms with Crippen molar-refractivity contribution < 1.29 is 20.4 Å². The Morgan fingerprint density at radius 1 is 1.12 bits per heavy atom. The molecule has 2 aromatic carbocycles. The molecule has 0 aliphatic heterocycles. The van der Waals surface area contributed by atoms with Crippen molar-refractivity contribution in [3.63, 3.8) is 0 Å². The van der Waals surface area contributed by atoms with Crippen molar-refractivity contribution in [1.29, 1.82) is 0 Å². The number of carboxylic acid groups (broad SMARTS) is 1. The first-order chi connectivity index (χ1) is 15.3. The zero-order valence-electron chi connectivity index (χ0n) is 17.8. The van der Waals surface area contributed by atoms with Gasteiger partial charge in [-0.1, -0.05) is 73.8 Å². The third-order valence-corrected chi connectivity index (χ3v) is 7.24. The van der Waals surface area contributed by atoms with Gasteiger partial charge in [0.25, 0.3) is 5.91 Å². The van der Waals surface area contributed by atoms with E-state index in [-0.39, 0.29) is 33.3 Å². The molecule has 0 bridgehead atoms. The highest BCUT2D eigenvalue weighted by molar-refractivity contribution is 7.18. The summed E-state index contributed by atoms with van der Waals surface area (Å²) in [5.41, 5.74) is 5.57. The molecule has 0 spiro atoms. The second kappa shape index (κ2) is 10.5. The summed E-state index contributed by atoms with van der Waals surface area (Å²) in [5.74, 6) is -1.37. The largest absolute Gasteiger partial charge is 0.477 e. The number of carboxylic acids is 1. The summed E-state index contributed by atoms with van der Waals surface area (Å²) in [7, 11) is 0. The second-order valence-electron chi connectivity index (χ2n) is 7.54. The number of hydrogen-bond donors (Lipinski definition) is 2. The summed E-state index contributed by atoms with van der Waals surface area (Å²) in [6, 6.07) is 15.7. The van der Waals surface area contributed by atoms with Gasteiger partial charge < -0.3 is 10.8 Å². The number of aromatic carboxylic acids is 1. The first-order valence-corrected chi connectivity index (χ1v) is 11.9. The van der Waals surface area contributed by atoms with Crippen LogP contribution in [-0.2, 0) is 0 Å². The minimum atomic E-state index is -1.08. The third-order valence-electron chi connectivity index (χ3n) is 5.53. The quantitative estimate of drug-likeness (QED) is 0.422. The summed E-state index contributed by atoms with van der Waals surface area (Å²) >= 11 is 13.5. The topological polar surface area (TPSA) is 85.3 Å². The Morgan fingerprint density at radius 3 is 2.38 bits per heavy atom. The van der Waals surface area contributed by atoms with Crippen LogP contribution in [0.4, 0.5) is 5.69 Å². The van der Waals surface area contributed by atoms with Gasteiger partial charge in [0.1, 0.15) is 4.88 Å². The number of benzene rings is 2. The van der Waals surface area contributed by atoms with Crippen LogP contribution in [-0.4, -0.2) is 29.6 Å². The minimum Gasteiger partial charge on any atom is -0.477 e. The number of rotatable bonds is 8. The summed E-state index contributed by atoms with van der Waals surface area (Å²) in [6.45, 7) is 4.48. The summed E-state index contributed by atoms with van der Waals surface area (Å²) in [4.78, 5) is 28.4. The second-order valence-corrected chi connectivity index (χ2v) is 9.43. The summed E-state index contributed by atoms with van der Waals surface area (Å²) in [6.07, 6.45) is 0.802. The highest BCUT2D eigenvalue weighted by atomic mass is 35.5. The molecular weight excluding hydrogens is 467 g/mol. The van der Waals surface area contributed by atoms with Crippen LogP contribution in [0.5, 0.6) is 0 Å². The molecule has 0 radical (unpaired) electrons. The molecular formula is C24H25Cl2N2O3S+. The van der Waals surface area contributed by atoms with Gasteiger partial charge in [-0.15, -0.1) is 11.3 Å². The average Bonchev–Trinajstić information content (AvgIpc) is 3.22. The first-order valence-electron chi connectivity index (χ1n) is 10.3. The Balaban J connectivity index is 2.22. The number of carbonyl (C=O) groups is 2. The van der Waals surface area contributed by atoms with Gasteiger partial charge in [0.2, 0.25) is 0 Å². The van der Waals surface area contributed by atoms with Gasteiger partial charge in [-0.25, -0.2) is 4.79 Å². The van der Waals surface area contributed by atoms with Crippen molar-refractivity contribution in [3.8, 4) is 10.4 Å². The van der Waals surface area contributed by atoms with Gasteiger partial charge in [-0.05, 0) is 35.7 Å². The Hall–Kier alpha value is -2.38. The fraction of sp³-hybridized carbons (Fsp3) is 0.250. The number of hydrogen-bond acceptors (Lipinski definition) is 3. The molecule has 2 unspecified atom stereocenters. The highest BCUT2D eigenvalue weighted by Crippen LogP contribution is 2.39. The molecule has 0 fully saturated rings. The predicted molar refractivity (Wildman–Crippen MR) is 131 cm³/mol. The average molecular weight is 492 g/mol. The van der Waals surface area contributed by atoms with Crippen LogP contribution >= 0.6 is 34.5 Å². The van der Waals surface area contributed by atoms with Crippen molar-refractivity contribution in [2.45, 2.75) is 26.3 Å². The zero-order chi connectivity index (χ0) is 23.4. The lowest BCUT2D eigenvalue weighted by molar-refractivity contribution is -0.373. The van der Waals surface area contributed by atoms with Gasteiger partial charge in [0, 0.05) is 9.90 Å². The number of anilines is 1. The summed E-state index contributed by atoms with van der Waals surface area (Å²) in [5, 5.41) is 10.6. The molecule has 0 aliphatic carbocycles. The fourth-order valence-corrected chi connectivity index (χ4v) is 5.11. The van der Waals surface area contributed by atoms with Crippen LogP contribution in [0.2, 0.25) is 10.0 Å². The highest BCUT2D eigenvalue weighted by Gasteiger charge is 2.35. The van der Waals surface area contributed by atoms with Gasteiger partial charge in [-0.2, -0.15) is 0 Å². The zero-order valence-corrected chi connectivity index (χ0v) is 20.2. The Morgan fingerprint density at radius 2 is 1.81 bits per heavy atom. The van der Waals surface area contributed by atoms with E-state index in [0.717, 1.165) is 28.2 Å². The number of nitrogens with zero attached hydrogens (tertiary/aromatic N) is 1. The van der Waals surface area contributed by atoms with Crippen molar-refractivity contribution in [1.82, 2.24) is 0 Å². The molecule has 0 saturated heterocycles. The van der Waals surface area contributed by atoms with E-state index in [1.165, 1.54) is 6.07 Å². The van der Waals surface area contributed by atoms with Crippen LogP contribution in [0.1, 0.15) is 40.3 Å². The molecule has 1 amide bonds. The number of thiophene rings is 1. The predicted octanol–water partition coefficient (Wildman–Crippen LogP) is 5.72. The standard InChI is InChI=1S/C24H24Cl2N2O3S/c1-3-14(2)20(13-27)28(23(29)17-10-9-16(25)11-18(17)26)19-12-21(32-22(19)24(30)31)15-7-5-4-6-8-15/h4-12,14,20H,3,13,27H2,1-2H3,(H,30,31)/p+1. The molecule has 3 aromatic rings. The van der Waals surface area contributed by atoms with Crippen LogP contribution in [0.25, 0.3) is 10.4 Å². The lowest BCUT2D eigenvalue weighted by Gasteiger charge is -2.33. The Labute approximate surface area is 201 Å². The van der Waals surface area contributed by atoms with E-state index in [1.54, 1.807) is 23.1 Å². The van der Waals surface area contributed by atoms with E-state index in [0.29, 0.717) is 17.3 Å². The van der Waals surface area contributed by atoms with E-state index >= 15 is 0 Å². The molecule has 0 aliphatic rings. The van der Waals surface area contributed by atoms with Crippen molar-refractivity contribution in [2.24, 2.45) is 5.92 Å². The van der Waals surface area contributed by atoms with Crippen LogP contribution < -0.4 is 10.6 Å². The van der Waals surface area contributed by atoms with Gasteiger partial charge in [-0.3, -0.25) is 9.69 Å². The van der Waals surface area contributed by atoms with Crippen molar-refractivity contribution in [2.75, 3.05) is 11.4 Å². The van der Waals surface area contributed by atoms with Gasteiger partial charge in [0.05, 0.1) is 28.9 Å². The SMILES string of the molecule is CCC(C)C(C[NH3+])N(C(=O)c1ccc(Cl)cc1Cl)c1cc(-c2ccccc2)sc1C(=O)O. The lowest BCUT2D eigenvalue weighted by Crippen LogP contribution is -2.63. The smallest absolute Gasteiger partial charge is 0.348 e. The summed E-state index contributed by atoms with van der Waals surface area (Å²) < 4.78 is 0. The van der Waals surface area contributed by atoms with Crippen molar-refractivity contribution in [3.05, 3.63) is 75.1 Å². The first kappa shape index (κ1) is 24.3. The van der Waals surface area contributed by atoms with Gasteiger partial charge in [0.15, 0.2) is 0 Å². The molecule has 4 N–H and O–H groups in total. The lowest BCUT2D eigenvalue weighted by atomic mass is 9.96. The normalized spacial score (nSPS) is 12.9. The molecule has 1 aromatic heterocycles. The van der Waals surface area contributed by atoms with E-state index < -0.39 is 5.97 Å². The molecule has 8 heteroatoms. The van der Waals surface area contributed by atoms with E-state index in [1.807, 2.05) is 44.2 Å². The van der Waals surface area contributed by atoms with Crippen LogP contribution in [0.3, 0.4) is 0 Å². The maximum atomic E-state index is 13.8. The van der Waals surface area contributed by atoms with Gasteiger partial charge >= 0.3 is 5.97 Å². The van der Waals surface area contributed by atoms with E-state index in [2.05, 4.69) is 5.73 Å². The molecule has 32 heavy (non-hydrogen) atoms. The number of carbonyl (C=O) groups excluding carboxylic acids is 1. The van der Waals surface area contributed by atoms with Crippen LogP contribution in [0.15, 0.2) is 54.6 Å². The maximum Gasteiger partial charge on any atom is 0.348 e. The number of quaternary nitrogens is 1. The number of halogens is 2. The third kappa shape index (κ3) is 4.99. The van der Waals surface area contributed by atoms with Crippen molar-refractivity contribution >= 4 is 52.1 Å². The maximum absolute atomic E-state index is 13.8. The van der Waals surface area contributed by atoms with Crippen LogP contribution in [0, 0.1) is 5.92 Å². The van der Waals surface area contributed by atoms with E-state index in [4.69, 9.17) is 23.2 Å². The minimum absolute atomic E-state index is 0.0873. The molecule has 3 rings (SSSR count). The molecule has 168 valence electrons. The molecule has 0 saturated carbocycles. The molecule has 5 nitrogen and oxygen atoms in total. The monoisotopic (exact) mass is 491 g/mol. The molecule has 1 heterocycles. The Kier molecular flexibility index (Phi) is 7.96. The Bertz CT molecular complexity index is 1120. The van der Waals surface area contributed by atoms with E-state index in [9.17, 15) is 14.7 Å². The fourth-order valence-electron chi connectivity index (χ4n) is 3.63.